The van der Waals surface area contributed by atoms with Gasteiger partial charge in [-0.25, -0.2) is 4.79 Å². The van der Waals surface area contributed by atoms with Crippen LogP contribution in [0.25, 0.3) is 11.1 Å². The van der Waals surface area contributed by atoms with Crippen molar-refractivity contribution in [3.8, 4) is 0 Å². The van der Waals surface area contributed by atoms with Crippen molar-refractivity contribution in [1.29, 1.82) is 0 Å². The van der Waals surface area contributed by atoms with Crippen LogP contribution in [0, 0.1) is 0 Å². The van der Waals surface area contributed by atoms with E-state index in [0.717, 1.165) is 31.5 Å². The summed E-state index contributed by atoms with van der Waals surface area (Å²) < 4.78 is 5.05. The standard InChI is InChI=1S/C16H23N3O3/c1-18-7-5-12(6-8-18)19(2)10-14(20)11-3-4-13-15(9-11)22-16(21)17-13/h3-4,9,12,14,20H,5-8,10H2,1-2H3,(H,17,21). The van der Waals surface area contributed by atoms with Crippen molar-refractivity contribution in [3.05, 3.63) is 34.3 Å². The molecule has 1 aromatic carbocycles. The number of likely N-dealkylation sites (tertiary alicyclic amines) is 1. The Morgan fingerprint density at radius 2 is 2.18 bits per heavy atom. The molecule has 2 heterocycles. The largest absolute Gasteiger partial charge is 0.417 e. The maximum atomic E-state index is 11.2. The quantitative estimate of drug-likeness (QED) is 0.887. The number of aliphatic hydroxyl groups is 1. The highest BCUT2D eigenvalue weighted by molar-refractivity contribution is 5.72. The lowest BCUT2D eigenvalue weighted by Gasteiger charge is -2.36. The number of aromatic amines is 1. The maximum absolute atomic E-state index is 11.2. The number of benzene rings is 1. The molecule has 6 heteroatoms. The van der Waals surface area contributed by atoms with E-state index < -0.39 is 11.9 Å². The van der Waals surface area contributed by atoms with Crippen LogP contribution < -0.4 is 5.76 Å². The number of hydrogen-bond acceptors (Lipinski definition) is 5. The summed E-state index contributed by atoms with van der Waals surface area (Å²) in [5, 5.41) is 10.5. The molecule has 1 atom stereocenters. The van der Waals surface area contributed by atoms with E-state index in [0.29, 0.717) is 23.7 Å². The highest BCUT2D eigenvalue weighted by Crippen LogP contribution is 2.21. The third-order valence-electron chi connectivity index (χ3n) is 4.60. The van der Waals surface area contributed by atoms with Crippen LogP contribution in [0.1, 0.15) is 24.5 Å². The molecule has 0 saturated carbocycles. The number of rotatable bonds is 4. The summed E-state index contributed by atoms with van der Waals surface area (Å²) >= 11 is 0. The zero-order valence-corrected chi connectivity index (χ0v) is 13.1. The van der Waals surface area contributed by atoms with Gasteiger partial charge in [-0.15, -0.1) is 0 Å². The van der Waals surface area contributed by atoms with Gasteiger partial charge in [0.05, 0.1) is 11.6 Å². The molecule has 1 aliphatic rings. The van der Waals surface area contributed by atoms with Gasteiger partial charge >= 0.3 is 5.76 Å². The van der Waals surface area contributed by atoms with Gasteiger partial charge in [-0.3, -0.25) is 4.98 Å². The van der Waals surface area contributed by atoms with Crippen molar-refractivity contribution >= 4 is 11.1 Å². The van der Waals surface area contributed by atoms with Crippen molar-refractivity contribution in [3.63, 3.8) is 0 Å². The van der Waals surface area contributed by atoms with Crippen LogP contribution in [0.15, 0.2) is 27.4 Å². The molecular formula is C16H23N3O3. The van der Waals surface area contributed by atoms with E-state index in [2.05, 4.69) is 28.9 Å². The molecule has 1 fully saturated rings. The minimum Gasteiger partial charge on any atom is -0.408 e. The number of likely N-dealkylation sites (N-methyl/N-ethyl adjacent to an activating group) is 1. The van der Waals surface area contributed by atoms with Gasteiger partial charge in [0.15, 0.2) is 5.58 Å². The lowest BCUT2D eigenvalue weighted by Crippen LogP contribution is -2.43. The number of oxazole rings is 1. The number of fused-ring (bicyclic) bond motifs is 1. The fourth-order valence-corrected chi connectivity index (χ4v) is 3.13. The number of nitrogens with zero attached hydrogens (tertiary/aromatic N) is 2. The van der Waals surface area contributed by atoms with Crippen LogP contribution in [-0.4, -0.2) is 59.7 Å². The first-order valence-corrected chi connectivity index (χ1v) is 7.72. The van der Waals surface area contributed by atoms with E-state index in [1.807, 2.05) is 6.07 Å². The number of aromatic nitrogens is 1. The fraction of sp³-hybridized carbons (Fsp3) is 0.562. The highest BCUT2D eigenvalue weighted by Gasteiger charge is 2.22. The Hall–Kier alpha value is -1.63. The molecular weight excluding hydrogens is 282 g/mol. The summed E-state index contributed by atoms with van der Waals surface area (Å²) in [6.45, 7) is 2.78. The van der Waals surface area contributed by atoms with E-state index in [4.69, 9.17) is 4.42 Å². The maximum Gasteiger partial charge on any atom is 0.417 e. The average Bonchev–Trinajstić information content (AvgIpc) is 2.86. The second-order valence-electron chi connectivity index (χ2n) is 6.26. The second-order valence-corrected chi connectivity index (χ2v) is 6.26. The van der Waals surface area contributed by atoms with Crippen molar-refractivity contribution < 1.29 is 9.52 Å². The molecule has 0 amide bonds. The van der Waals surface area contributed by atoms with Gasteiger partial charge in [0.1, 0.15) is 0 Å². The Morgan fingerprint density at radius 3 is 2.91 bits per heavy atom. The Balaban J connectivity index is 1.67. The Bertz CT molecular complexity index is 685. The first-order chi connectivity index (χ1) is 10.5. The monoisotopic (exact) mass is 305 g/mol. The van der Waals surface area contributed by atoms with Gasteiger partial charge in [-0.2, -0.15) is 0 Å². The van der Waals surface area contributed by atoms with E-state index in [1.165, 1.54) is 0 Å². The number of piperidine rings is 1. The molecule has 0 aliphatic carbocycles. The zero-order chi connectivity index (χ0) is 15.7. The molecule has 120 valence electrons. The number of hydrogen-bond donors (Lipinski definition) is 2. The van der Waals surface area contributed by atoms with Crippen LogP contribution in [0.4, 0.5) is 0 Å². The topological polar surface area (TPSA) is 72.7 Å². The minimum atomic E-state index is -0.589. The van der Waals surface area contributed by atoms with Crippen molar-refractivity contribution in [2.45, 2.75) is 25.0 Å². The first kappa shape index (κ1) is 15.3. The third-order valence-corrected chi connectivity index (χ3v) is 4.60. The minimum absolute atomic E-state index is 0.468. The third kappa shape index (κ3) is 3.24. The van der Waals surface area contributed by atoms with Crippen LogP contribution in [0.2, 0.25) is 0 Å². The predicted octanol–water partition coefficient (Wildman–Crippen LogP) is 1.18. The summed E-state index contributed by atoms with van der Waals surface area (Å²) in [5.74, 6) is -0.468. The summed E-state index contributed by atoms with van der Waals surface area (Å²) in [6, 6.07) is 5.86. The molecule has 0 spiro atoms. The molecule has 1 aliphatic heterocycles. The molecule has 22 heavy (non-hydrogen) atoms. The Kier molecular flexibility index (Phi) is 4.33. The molecule has 3 rings (SSSR count). The fourth-order valence-electron chi connectivity index (χ4n) is 3.13. The molecule has 1 unspecified atom stereocenters. The lowest BCUT2D eigenvalue weighted by atomic mass is 10.0. The normalized spacial score (nSPS) is 19.1. The van der Waals surface area contributed by atoms with Crippen molar-refractivity contribution in [2.24, 2.45) is 0 Å². The number of H-pyrrole nitrogens is 1. The van der Waals surface area contributed by atoms with E-state index in [1.54, 1.807) is 12.1 Å². The average molecular weight is 305 g/mol. The van der Waals surface area contributed by atoms with E-state index in [-0.39, 0.29) is 0 Å². The summed E-state index contributed by atoms with van der Waals surface area (Å²) in [7, 11) is 4.21. The van der Waals surface area contributed by atoms with Crippen LogP contribution in [0.3, 0.4) is 0 Å². The summed E-state index contributed by atoms with van der Waals surface area (Å²) in [5.41, 5.74) is 1.92. The molecule has 2 aromatic rings. The van der Waals surface area contributed by atoms with Gasteiger partial charge in [-0.1, -0.05) is 6.07 Å². The van der Waals surface area contributed by atoms with Crippen LogP contribution in [0.5, 0.6) is 0 Å². The lowest BCUT2D eigenvalue weighted by molar-refractivity contribution is 0.0789. The van der Waals surface area contributed by atoms with Gasteiger partial charge in [-0.05, 0) is 57.7 Å². The Morgan fingerprint density at radius 1 is 1.45 bits per heavy atom. The van der Waals surface area contributed by atoms with Gasteiger partial charge in [0.2, 0.25) is 0 Å². The number of aliphatic hydroxyl groups excluding tert-OH is 1. The summed E-state index contributed by atoms with van der Waals surface area (Å²) in [6.07, 6.45) is 1.67. The molecule has 1 aromatic heterocycles. The molecule has 6 nitrogen and oxygen atoms in total. The SMILES string of the molecule is CN1CCC(N(C)CC(O)c2ccc3[nH]c(=O)oc3c2)CC1. The van der Waals surface area contributed by atoms with Crippen molar-refractivity contribution in [2.75, 3.05) is 33.7 Å². The predicted molar refractivity (Wildman–Crippen MR) is 84.9 cm³/mol. The number of nitrogens with one attached hydrogen (secondary N) is 1. The van der Waals surface area contributed by atoms with E-state index >= 15 is 0 Å². The van der Waals surface area contributed by atoms with Gasteiger partial charge in [0.25, 0.3) is 0 Å². The van der Waals surface area contributed by atoms with Crippen LogP contribution in [-0.2, 0) is 0 Å². The van der Waals surface area contributed by atoms with Gasteiger partial charge in [0, 0.05) is 12.6 Å². The molecule has 0 radical (unpaired) electrons. The van der Waals surface area contributed by atoms with Gasteiger partial charge < -0.3 is 19.3 Å². The Labute approximate surface area is 129 Å². The summed E-state index contributed by atoms with van der Waals surface area (Å²) in [4.78, 5) is 18.4. The smallest absolute Gasteiger partial charge is 0.408 e. The first-order valence-electron chi connectivity index (χ1n) is 7.72. The van der Waals surface area contributed by atoms with E-state index in [9.17, 15) is 9.90 Å². The zero-order valence-electron chi connectivity index (χ0n) is 13.1. The molecule has 2 N–H and O–H groups in total. The molecule has 0 bridgehead atoms. The molecule has 1 saturated heterocycles. The van der Waals surface area contributed by atoms with Crippen LogP contribution >= 0.6 is 0 Å². The van der Waals surface area contributed by atoms with Crippen molar-refractivity contribution in [1.82, 2.24) is 14.8 Å². The second kappa shape index (κ2) is 6.24. The highest BCUT2D eigenvalue weighted by atomic mass is 16.4.